The molecule has 0 saturated heterocycles. The topological polar surface area (TPSA) is 13.1 Å². The van der Waals surface area contributed by atoms with Crippen LogP contribution in [0, 0.1) is 0 Å². The first-order valence-electron chi connectivity index (χ1n) is 16.2. The fourth-order valence-corrected chi connectivity index (χ4v) is 7.78. The summed E-state index contributed by atoms with van der Waals surface area (Å²) >= 11 is 0. The van der Waals surface area contributed by atoms with E-state index in [0.717, 1.165) is 27.3 Å². The van der Waals surface area contributed by atoms with Gasteiger partial charge < -0.3 is 4.42 Å². The van der Waals surface area contributed by atoms with E-state index in [9.17, 15) is 0 Å². The van der Waals surface area contributed by atoms with Gasteiger partial charge in [0.15, 0.2) is 0 Å². The SMILES string of the molecule is c1ccc(-c2ccc(-c3c4ccccc4c(-c4ccc5oc6c7ccccc7ccc6c5c4)c4ccccc34)c3ccccc23)cc1. The quantitative estimate of drug-likeness (QED) is 0.185. The number of rotatable bonds is 3. The molecule has 1 nitrogen and oxygen atoms in total. The van der Waals surface area contributed by atoms with E-state index in [-0.39, 0.29) is 0 Å². The zero-order valence-electron chi connectivity index (χ0n) is 25.6. The summed E-state index contributed by atoms with van der Waals surface area (Å²) in [6.45, 7) is 0. The van der Waals surface area contributed by atoms with Crippen LogP contribution < -0.4 is 0 Å². The minimum Gasteiger partial charge on any atom is -0.455 e. The highest BCUT2D eigenvalue weighted by atomic mass is 16.3. The summed E-state index contributed by atoms with van der Waals surface area (Å²) < 4.78 is 6.49. The van der Waals surface area contributed by atoms with Crippen LogP contribution >= 0.6 is 0 Å². The third kappa shape index (κ3) is 3.90. The van der Waals surface area contributed by atoms with E-state index in [1.165, 1.54) is 71.1 Å². The van der Waals surface area contributed by atoms with Crippen LogP contribution in [0.1, 0.15) is 0 Å². The number of furan rings is 1. The molecule has 0 saturated carbocycles. The average molecular weight is 597 g/mol. The van der Waals surface area contributed by atoms with Gasteiger partial charge in [0.05, 0.1) is 0 Å². The van der Waals surface area contributed by atoms with Crippen molar-refractivity contribution in [3.8, 4) is 33.4 Å². The monoisotopic (exact) mass is 596 g/mol. The molecule has 10 rings (SSSR count). The molecule has 0 spiro atoms. The van der Waals surface area contributed by atoms with Crippen molar-refractivity contribution >= 4 is 65.0 Å². The van der Waals surface area contributed by atoms with Gasteiger partial charge in [-0.3, -0.25) is 0 Å². The van der Waals surface area contributed by atoms with E-state index in [1.54, 1.807) is 0 Å². The molecule has 0 aliphatic rings. The molecule has 0 unspecified atom stereocenters. The molecule has 1 heteroatoms. The van der Waals surface area contributed by atoms with Crippen molar-refractivity contribution in [3.05, 3.63) is 170 Å². The van der Waals surface area contributed by atoms with Crippen molar-refractivity contribution in [2.75, 3.05) is 0 Å². The first-order chi connectivity index (χ1) is 23.3. The predicted molar refractivity (Wildman–Crippen MR) is 200 cm³/mol. The molecular formula is C46H28O. The molecular weight excluding hydrogens is 569 g/mol. The van der Waals surface area contributed by atoms with E-state index in [4.69, 9.17) is 4.42 Å². The van der Waals surface area contributed by atoms with Gasteiger partial charge in [0.1, 0.15) is 11.2 Å². The fraction of sp³-hybridized carbons (Fsp3) is 0. The number of fused-ring (bicyclic) bond motifs is 8. The summed E-state index contributed by atoms with van der Waals surface area (Å²) in [6, 6.07) is 61.5. The van der Waals surface area contributed by atoms with Gasteiger partial charge in [-0.2, -0.15) is 0 Å². The van der Waals surface area contributed by atoms with Crippen molar-refractivity contribution in [3.63, 3.8) is 0 Å². The van der Waals surface area contributed by atoms with Gasteiger partial charge in [-0.15, -0.1) is 0 Å². The number of hydrogen-bond acceptors (Lipinski definition) is 1. The van der Waals surface area contributed by atoms with E-state index in [0.29, 0.717) is 0 Å². The first kappa shape index (κ1) is 26.1. The largest absolute Gasteiger partial charge is 0.455 e. The van der Waals surface area contributed by atoms with Crippen LogP contribution in [0.4, 0.5) is 0 Å². The molecule has 0 radical (unpaired) electrons. The molecule has 0 aliphatic carbocycles. The molecule has 0 aliphatic heterocycles. The lowest BCUT2D eigenvalue weighted by Crippen LogP contribution is -1.92. The third-order valence-corrected chi connectivity index (χ3v) is 9.86. The maximum Gasteiger partial charge on any atom is 0.143 e. The van der Waals surface area contributed by atoms with Crippen LogP contribution in [-0.2, 0) is 0 Å². The second-order valence-electron chi connectivity index (χ2n) is 12.4. The van der Waals surface area contributed by atoms with Gasteiger partial charge in [0, 0.05) is 16.2 Å². The molecule has 1 heterocycles. The zero-order valence-corrected chi connectivity index (χ0v) is 25.6. The van der Waals surface area contributed by atoms with E-state index in [2.05, 4.69) is 170 Å². The van der Waals surface area contributed by atoms with Crippen molar-refractivity contribution in [1.82, 2.24) is 0 Å². The highest BCUT2D eigenvalue weighted by Crippen LogP contribution is 2.47. The summed E-state index contributed by atoms with van der Waals surface area (Å²) in [4.78, 5) is 0. The molecule has 0 atom stereocenters. The number of hydrogen-bond donors (Lipinski definition) is 0. The Morgan fingerprint density at radius 3 is 1.55 bits per heavy atom. The molecule has 9 aromatic carbocycles. The fourth-order valence-electron chi connectivity index (χ4n) is 7.78. The molecule has 0 amide bonds. The Hall–Kier alpha value is -6.18. The second kappa shape index (κ2) is 10.2. The van der Waals surface area contributed by atoms with Crippen molar-refractivity contribution in [2.24, 2.45) is 0 Å². The first-order valence-corrected chi connectivity index (χ1v) is 16.2. The predicted octanol–water partition coefficient (Wildman–Crippen LogP) is 13.2. The standard InChI is InChI=1S/C46H28O/c1-2-12-29(13-3-1)32-25-26-40(35-17-7-6-16-34(32)35)45-38-20-10-8-18-36(38)44(37-19-9-11-21-39(37)45)31-23-27-43-42(28-31)41-24-22-30-14-4-5-15-33(30)46(41)47-43/h1-28H. The maximum absolute atomic E-state index is 6.49. The molecule has 1 aromatic heterocycles. The normalized spacial score (nSPS) is 11.8. The minimum absolute atomic E-state index is 0.912. The Morgan fingerprint density at radius 2 is 0.851 bits per heavy atom. The highest BCUT2D eigenvalue weighted by Gasteiger charge is 2.20. The molecule has 0 fully saturated rings. The lowest BCUT2D eigenvalue weighted by molar-refractivity contribution is 0.672. The Morgan fingerprint density at radius 1 is 0.298 bits per heavy atom. The number of benzene rings is 9. The van der Waals surface area contributed by atoms with Gasteiger partial charge in [-0.1, -0.05) is 152 Å². The zero-order chi connectivity index (χ0) is 30.9. The van der Waals surface area contributed by atoms with Crippen molar-refractivity contribution in [1.29, 1.82) is 0 Å². The van der Waals surface area contributed by atoms with Crippen LogP contribution in [0.25, 0.3) is 98.4 Å². The summed E-state index contributed by atoms with van der Waals surface area (Å²) in [5, 5.41) is 12.1. The van der Waals surface area contributed by atoms with Gasteiger partial charge in [0.25, 0.3) is 0 Å². The van der Waals surface area contributed by atoms with Crippen molar-refractivity contribution < 1.29 is 4.42 Å². The van der Waals surface area contributed by atoms with E-state index < -0.39 is 0 Å². The molecule has 0 N–H and O–H groups in total. The lowest BCUT2D eigenvalue weighted by Gasteiger charge is -2.19. The van der Waals surface area contributed by atoms with Crippen LogP contribution in [0.2, 0.25) is 0 Å². The van der Waals surface area contributed by atoms with Crippen LogP contribution in [0.3, 0.4) is 0 Å². The molecule has 10 aromatic rings. The van der Waals surface area contributed by atoms with Gasteiger partial charge in [-0.25, -0.2) is 0 Å². The Balaban J connectivity index is 1.27. The van der Waals surface area contributed by atoms with Gasteiger partial charge >= 0.3 is 0 Å². The summed E-state index contributed by atoms with van der Waals surface area (Å²) in [5.74, 6) is 0. The Bertz CT molecular complexity index is 2780. The smallest absolute Gasteiger partial charge is 0.143 e. The van der Waals surface area contributed by atoms with Gasteiger partial charge in [0.2, 0.25) is 0 Å². The second-order valence-corrected chi connectivity index (χ2v) is 12.4. The Labute approximate surface area is 271 Å². The van der Waals surface area contributed by atoms with E-state index in [1.807, 2.05) is 0 Å². The lowest BCUT2D eigenvalue weighted by atomic mass is 9.83. The van der Waals surface area contributed by atoms with Crippen LogP contribution in [-0.4, -0.2) is 0 Å². The molecule has 0 bridgehead atoms. The summed E-state index contributed by atoms with van der Waals surface area (Å²) in [7, 11) is 0. The molecule has 218 valence electrons. The highest BCUT2D eigenvalue weighted by molar-refractivity contribution is 6.25. The molecule has 47 heavy (non-hydrogen) atoms. The average Bonchev–Trinajstić information content (AvgIpc) is 3.52. The summed E-state index contributed by atoms with van der Waals surface area (Å²) in [6.07, 6.45) is 0. The van der Waals surface area contributed by atoms with Crippen LogP contribution in [0.15, 0.2) is 174 Å². The summed E-state index contributed by atoms with van der Waals surface area (Å²) in [5.41, 5.74) is 9.32. The Kier molecular flexibility index (Phi) is 5.64. The maximum atomic E-state index is 6.49. The minimum atomic E-state index is 0.912. The third-order valence-electron chi connectivity index (χ3n) is 9.86. The van der Waals surface area contributed by atoms with Gasteiger partial charge in [-0.05, 0) is 89.3 Å². The van der Waals surface area contributed by atoms with E-state index >= 15 is 0 Å². The van der Waals surface area contributed by atoms with Crippen molar-refractivity contribution in [2.45, 2.75) is 0 Å². The van der Waals surface area contributed by atoms with Crippen LogP contribution in [0.5, 0.6) is 0 Å².